The number of urea groups is 1. The van der Waals surface area contributed by atoms with Gasteiger partial charge < -0.3 is 34.1 Å². The molecule has 3 aliphatic rings. The summed E-state index contributed by atoms with van der Waals surface area (Å²) in [6.07, 6.45) is 5.03. The number of esters is 1. The van der Waals surface area contributed by atoms with Crippen LogP contribution < -0.4 is 10.7 Å². The van der Waals surface area contributed by atoms with Crippen LogP contribution in [0.15, 0.2) is 54.6 Å². The molecule has 5 atom stereocenters. The number of aryl methyl sites for hydroxylation is 1. The molecule has 0 spiro atoms. The molecule has 0 aliphatic carbocycles. The molecule has 66 heavy (non-hydrogen) atoms. The number of benzene rings is 1. The fourth-order valence-corrected chi connectivity index (χ4v) is 10.5. The summed E-state index contributed by atoms with van der Waals surface area (Å²) in [5, 5.41) is 8.09. The lowest BCUT2D eigenvalue weighted by atomic mass is 9.84. The van der Waals surface area contributed by atoms with Crippen LogP contribution in [0.5, 0.6) is 0 Å². The number of hydrogen-bond donors (Lipinski definition) is 2. The van der Waals surface area contributed by atoms with Crippen LogP contribution in [0.4, 0.5) is 4.79 Å². The monoisotopic (exact) mass is 923 g/mol. The third kappa shape index (κ3) is 9.88. The molecule has 5 amide bonds. The Balaban J connectivity index is 1.25. The Morgan fingerprint density at radius 3 is 2.62 bits per heavy atom. The molecule has 1 unspecified atom stereocenters. The van der Waals surface area contributed by atoms with E-state index in [1.807, 2.05) is 32.2 Å². The van der Waals surface area contributed by atoms with Gasteiger partial charge in [-0.3, -0.25) is 29.2 Å². The topological polar surface area (TPSA) is 172 Å². The lowest BCUT2D eigenvalue weighted by Crippen LogP contribution is -2.62. The number of nitrogens with one attached hydrogen (secondary N) is 2. The number of likely N-dealkylation sites (N-methyl/N-ethyl adjacent to an activating group) is 2. The summed E-state index contributed by atoms with van der Waals surface area (Å²) < 4.78 is 14.2. The maximum absolute atomic E-state index is 14.6. The Bertz CT molecular complexity index is 2480. The number of carbonyl (C=O) groups is 5. The van der Waals surface area contributed by atoms with Crippen LogP contribution in [-0.4, -0.2) is 136 Å². The van der Waals surface area contributed by atoms with Crippen molar-refractivity contribution in [2.75, 3.05) is 47.4 Å². The molecule has 2 fully saturated rings. The number of hydrogen-bond acceptors (Lipinski definition) is 11. The Labute approximate surface area is 391 Å². The molecule has 16 nitrogen and oxygen atoms in total. The lowest BCUT2D eigenvalue weighted by Gasteiger charge is -2.37. The molecule has 7 rings (SSSR count). The highest BCUT2D eigenvalue weighted by Crippen LogP contribution is 2.42. The number of aromatic nitrogens is 3. The summed E-state index contributed by atoms with van der Waals surface area (Å²) >= 11 is 1.40. The number of amides is 5. The largest absolute Gasteiger partial charge is 0.464 e. The maximum Gasteiger partial charge on any atom is 0.324 e. The number of carbonyl (C=O) groups excluding carboxylic acids is 5. The zero-order valence-electron chi connectivity index (χ0n) is 39.8. The minimum absolute atomic E-state index is 0.0714. The van der Waals surface area contributed by atoms with Gasteiger partial charge in [-0.25, -0.2) is 15.2 Å². The second kappa shape index (κ2) is 20.1. The first-order chi connectivity index (χ1) is 31.5. The normalized spacial score (nSPS) is 21.0. The summed E-state index contributed by atoms with van der Waals surface area (Å²) in [5.74, 6) is -1.92. The third-order valence-electron chi connectivity index (χ3n) is 13.3. The third-order valence-corrected chi connectivity index (χ3v) is 14.1. The van der Waals surface area contributed by atoms with Crippen molar-refractivity contribution in [2.45, 2.75) is 110 Å². The van der Waals surface area contributed by atoms with Crippen LogP contribution in [-0.2, 0) is 48.0 Å². The Morgan fingerprint density at radius 1 is 1.14 bits per heavy atom. The molecule has 3 aromatic heterocycles. The van der Waals surface area contributed by atoms with Gasteiger partial charge in [0.15, 0.2) is 0 Å². The zero-order valence-corrected chi connectivity index (χ0v) is 40.6. The number of hydrazine groups is 1. The van der Waals surface area contributed by atoms with Gasteiger partial charge in [0.2, 0.25) is 11.8 Å². The van der Waals surface area contributed by atoms with Crippen molar-refractivity contribution in [3.05, 3.63) is 70.8 Å². The summed E-state index contributed by atoms with van der Waals surface area (Å²) in [5.41, 5.74) is 9.25. The number of ether oxygens (including phenoxy) is 2. The Hall–Kier alpha value is -5.65. The summed E-state index contributed by atoms with van der Waals surface area (Å²) in [6, 6.07) is 7.06. The van der Waals surface area contributed by atoms with Gasteiger partial charge in [-0.05, 0) is 81.4 Å². The quantitative estimate of drug-likeness (QED) is 0.142. The van der Waals surface area contributed by atoms with Crippen molar-refractivity contribution >= 4 is 52.0 Å². The van der Waals surface area contributed by atoms with Gasteiger partial charge in [0.1, 0.15) is 18.1 Å². The van der Waals surface area contributed by atoms with E-state index in [0.717, 1.165) is 44.7 Å². The molecular formula is C49H65N9O7S. The highest BCUT2D eigenvalue weighted by Gasteiger charge is 2.40. The molecule has 0 saturated carbocycles. The number of methoxy groups -OCH3 is 1. The van der Waals surface area contributed by atoms with E-state index >= 15 is 0 Å². The lowest BCUT2D eigenvalue weighted by molar-refractivity contribution is -0.155. The van der Waals surface area contributed by atoms with Crippen LogP contribution in [0.3, 0.4) is 0 Å². The summed E-state index contributed by atoms with van der Waals surface area (Å²) in [6.45, 7) is 17.5. The zero-order chi connectivity index (χ0) is 47.6. The molecule has 1 aromatic carbocycles. The number of pyridine rings is 1. The minimum atomic E-state index is -1.09. The molecule has 0 radical (unpaired) electrons. The fraction of sp³-hybridized carbons (Fsp3) is 0.531. The van der Waals surface area contributed by atoms with Crippen molar-refractivity contribution in [3.8, 4) is 22.5 Å². The number of nitrogens with zero attached hydrogens (tertiary/aromatic N) is 7. The van der Waals surface area contributed by atoms with Gasteiger partial charge >= 0.3 is 12.0 Å². The van der Waals surface area contributed by atoms with Crippen molar-refractivity contribution in [3.63, 3.8) is 0 Å². The van der Waals surface area contributed by atoms with E-state index in [1.54, 1.807) is 37.2 Å². The second-order valence-corrected chi connectivity index (χ2v) is 19.8. The van der Waals surface area contributed by atoms with Crippen molar-refractivity contribution in [2.24, 2.45) is 11.3 Å². The van der Waals surface area contributed by atoms with Crippen molar-refractivity contribution < 1.29 is 33.4 Å². The molecule has 6 heterocycles. The van der Waals surface area contributed by atoms with Crippen LogP contribution >= 0.6 is 11.3 Å². The fourth-order valence-electron chi connectivity index (χ4n) is 9.64. The molecule has 17 heteroatoms. The van der Waals surface area contributed by atoms with Crippen molar-refractivity contribution in [1.82, 2.24) is 45.0 Å². The van der Waals surface area contributed by atoms with E-state index in [1.165, 1.54) is 27.3 Å². The summed E-state index contributed by atoms with van der Waals surface area (Å²) in [4.78, 5) is 83.8. The highest BCUT2D eigenvalue weighted by molar-refractivity contribution is 7.10. The predicted molar refractivity (Wildman–Crippen MR) is 254 cm³/mol. The van der Waals surface area contributed by atoms with Gasteiger partial charge in [-0.15, -0.1) is 11.3 Å². The van der Waals surface area contributed by atoms with E-state index in [2.05, 4.69) is 66.9 Å². The number of rotatable bonds is 10. The van der Waals surface area contributed by atoms with E-state index in [4.69, 9.17) is 19.4 Å². The van der Waals surface area contributed by atoms with Gasteiger partial charge in [0, 0.05) is 92.8 Å². The highest BCUT2D eigenvalue weighted by atomic mass is 32.1. The number of fused-ring (bicyclic) bond motifs is 6. The van der Waals surface area contributed by atoms with Crippen LogP contribution in [0.1, 0.15) is 83.2 Å². The van der Waals surface area contributed by atoms with Gasteiger partial charge in [0.05, 0.1) is 40.8 Å². The van der Waals surface area contributed by atoms with Crippen LogP contribution in [0.25, 0.3) is 33.4 Å². The average Bonchev–Trinajstić information content (AvgIpc) is 4.07. The Morgan fingerprint density at radius 2 is 1.91 bits per heavy atom. The molecule has 2 saturated heterocycles. The van der Waals surface area contributed by atoms with Crippen LogP contribution in [0, 0.1) is 11.3 Å². The molecular weight excluding hydrogens is 859 g/mol. The maximum atomic E-state index is 14.6. The summed E-state index contributed by atoms with van der Waals surface area (Å²) in [7, 11) is 4.97. The predicted octanol–water partition coefficient (Wildman–Crippen LogP) is 6.00. The second-order valence-electron chi connectivity index (χ2n) is 18.9. The van der Waals surface area contributed by atoms with Gasteiger partial charge in [-0.2, -0.15) is 0 Å². The van der Waals surface area contributed by atoms with Gasteiger partial charge in [0.25, 0.3) is 5.91 Å². The number of cyclic esters (lactones) is 1. The molecule has 4 aromatic rings. The average molecular weight is 924 g/mol. The van der Waals surface area contributed by atoms with Gasteiger partial charge in [-0.1, -0.05) is 40.3 Å². The molecule has 2 N–H and O–H groups in total. The first-order valence-corrected chi connectivity index (χ1v) is 23.9. The number of thiazole rings is 1. The first-order valence-electron chi connectivity index (χ1n) is 23.0. The van der Waals surface area contributed by atoms with E-state index < -0.39 is 41.3 Å². The molecule has 354 valence electrons. The van der Waals surface area contributed by atoms with Crippen LogP contribution in [0.2, 0.25) is 0 Å². The van der Waals surface area contributed by atoms with E-state index in [0.29, 0.717) is 56.9 Å². The molecule has 3 aliphatic heterocycles. The van der Waals surface area contributed by atoms with Crippen molar-refractivity contribution in [1.29, 1.82) is 0 Å². The SMILES string of the molecule is C=CC(=O)N(C)[C@@H]1CCN(C(=O)N(C)C(C(=O)N[C@H]2Cc3nc(cs3)-c3ccc4c(c3)c(c(-c3cccnc3[C@H](C)OC)n4CC)CC(C)(C)COC(=O)[C@@H]3CCCN(N3)C2=O)C(C)C)C1. The molecule has 6 bridgehead atoms. The first kappa shape index (κ1) is 48.3. The van der Waals surface area contributed by atoms with E-state index in [-0.39, 0.29) is 43.0 Å². The minimum Gasteiger partial charge on any atom is -0.464 e. The Kier molecular flexibility index (Phi) is 14.7. The standard InChI is InChI=1S/C49H65N9O7S/c1-11-41(59)54(8)32-19-22-56(26-32)48(63)55(9)43(29(3)4)45(60)52-37-24-40-51-38(27-66-40)31-17-18-39-34(23-31)35(44(57(39)12-2)33-15-13-20-50-42(33)30(5)64-10)25-49(6,7)28-65-47(62)36-16-14-21-58(53-36)46(37)61/h11,13,15,17-18,20,23,27,29-30,32,36-37,43,53H,1,12,14,16,19,21-22,24-26,28H2,2-10H3,(H,52,60)/t30-,32+,36-,37-,43?/m0/s1. The number of likely N-dealkylation sites (tertiary alicyclic amines) is 1. The smallest absolute Gasteiger partial charge is 0.324 e. The van der Waals surface area contributed by atoms with E-state index in [9.17, 15) is 24.0 Å².